The number of alkyl carbamates (subject to hydrolysis) is 1. The molecule has 4 rings (SSSR count). The third kappa shape index (κ3) is 6.02. The molecule has 1 aliphatic heterocycles. The summed E-state index contributed by atoms with van der Waals surface area (Å²) in [6.45, 7) is 5.09. The third-order valence-electron chi connectivity index (χ3n) is 5.85. The minimum Gasteiger partial charge on any atom is -0.445 e. The first kappa shape index (κ1) is 24.3. The van der Waals surface area contributed by atoms with Crippen molar-refractivity contribution in [2.75, 3.05) is 25.0 Å². The number of carbonyl (C=O) groups is 2. The van der Waals surface area contributed by atoms with E-state index in [1.54, 1.807) is 18.5 Å². The number of fused-ring (bicyclic) bond motifs is 1. The zero-order valence-electron chi connectivity index (χ0n) is 19.7. The van der Waals surface area contributed by atoms with E-state index in [2.05, 4.69) is 31.2 Å². The van der Waals surface area contributed by atoms with Crippen LogP contribution in [-0.4, -0.2) is 53.9 Å². The number of hydrogen-bond donors (Lipinski definition) is 4. The number of ether oxygens (including phenoxy) is 1. The van der Waals surface area contributed by atoms with Gasteiger partial charge in [0.25, 0.3) is 0 Å². The van der Waals surface area contributed by atoms with Crippen molar-refractivity contribution in [1.29, 1.82) is 0 Å². The van der Waals surface area contributed by atoms with Gasteiger partial charge in [-0.1, -0.05) is 12.1 Å². The van der Waals surface area contributed by atoms with Gasteiger partial charge in [-0.05, 0) is 67.1 Å². The van der Waals surface area contributed by atoms with Crippen LogP contribution in [0.15, 0.2) is 42.7 Å². The number of pyridine rings is 2. The molecule has 3 aromatic rings. The number of urea groups is 1. The number of hydrogen-bond acceptors (Lipinski definition) is 6. The van der Waals surface area contributed by atoms with Gasteiger partial charge in [0.15, 0.2) is 0 Å². The summed E-state index contributed by atoms with van der Waals surface area (Å²) in [5.74, 6) is 0.395. The maximum atomic E-state index is 14.0. The van der Waals surface area contributed by atoms with E-state index in [4.69, 9.17) is 4.74 Å². The summed E-state index contributed by atoms with van der Waals surface area (Å²) in [6, 6.07) is 8.58. The van der Waals surface area contributed by atoms with Crippen LogP contribution in [0.5, 0.6) is 0 Å². The molecule has 35 heavy (non-hydrogen) atoms. The fraction of sp³-hybridized carbons (Fsp3) is 0.360. The van der Waals surface area contributed by atoms with Gasteiger partial charge in [-0.3, -0.25) is 10.3 Å². The van der Waals surface area contributed by atoms with Gasteiger partial charge in [0.1, 0.15) is 18.6 Å². The number of aryl methyl sites for hydroxylation is 1. The molecule has 0 bridgehead atoms. The Kier molecular flexibility index (Phi) is 7.71. The summed E-state index contributed by atoms with van der Waals surface area (Å²) in [7, 11) is 0. The lowest BCUT2D eigenvalue weighted by Gasteiger charge is -2.27. The van der Waals surface area contributed by atoms with Crippen molar-refractivity contribution < 1.29 is 18.7 Å². The van der Waals surface area contributed by atoms with E-state index in [1.807, 2.05) is 38.1 Å². The van der Waals surface area contributed by atoms with Crippen LogP contribution in [0.25, 0.3) is 21.9 Å². The van der Waals surface area contributed by atoms with Gasteiger partial charge in [-0.15, -0.1) is 0 Å². The zero-order valence-corrected chi connectivity index (χ0v) is 19.7. The van der Waals surface area contributed by atoms with Gasteiger partial charge < -0.3 is 20.7 Å². The molecule has 1 aromatic carbocycles. The summed E-state index contributed by atoms with van der Waals surface area (Å²) in [4.78, 5) is 33.0. The molecule has 0 aliphatic carbocycles. The van der Waals surface area contributed by atoms with Crippen LogP contribution in [0.2, 0.25) is 0 Å². The maximum Gasteiger partial charge on any atom is 0.407 e. The average Bonchev–Trinajstić information content (AvgIpc) is 2.84. The van der Waals surface area contributed by atoms with Crippen LogP contribution in [-0.2, 0) is 11.3 Å². The second-order valence-electron chi connectivity index (χ2n) is 8.39. The lowest BCUT2D eigenvalue weighted by atomic mass is 9.96. The largest absolute Gasteiger partial charge is 0.445 e. The van der Waals surface area contributed by atoms with E-state index in [-0.39, 0.29) is 19.2 Å². The van der Waals surface area contributed by atoms with E-state index < -0.39 is 18.3 Å². The van der Waals surface area contributed by atoms with Crippen LogP contribution < -0.4 is 21.3 Å². The van der Waals surface area contributed by atoms with Crippen molar-refractivity contribution >= 4 is 28.7 Å². The van der Waals surface area contributed by atoms with Gasteiger partial charge in [0.2, 0.25) is 0 Å². The Morgan fingerprint density at radius 3 is 2.83 bits per heavy atom. The van der Waals surface area contributed by atoms with Gasteiger partial charge in [0.05, 0.1) is 6.04 Å². The first-order valence-electron chi connectivity index (χ1n) is 11.6. The molecule has 3 amide bonds. The summed E-state index contributed by atoms with van der Waals surface area (Å²) < 4.78 is 19.4. The zero-order chi connectivity index (χ0) is 24.8. The van der Waals surface area contributed by atoms with Crippen LogP contribution in [0, 0.1) is 6.92 Å². The molecule has 10 heteroatoms. The third-order valence-corrected chi connectivity index (χ3v) is 5.85. The lowest BCUT2D eigenvalue weighted by molar-refractivity contribution is 0.122. The van der Waals surface area contributed by atoms with Crippen LogP contribution in [0.4, 0.5) is 19.8 Å². The number of amides is 3. The molecule has 9 nitrogen and oxygen atoms in total. The topological polar surface area (TPSA) is 117 Å². The normalized spacial score (nSPS) is 17.6. The highest BCUT2D eigenvalue weighted by molar-refractivity contribution is 6.00. The van der Waals surface area contributed by atoms with Crippen molar-refractivity contribution in [2.45, 2.75) is 39.1 Å². The number of aromatic nitrogens is 2. The second-order valence-corrected chi connectivity index (χ2v) is 8.39. The Hall–Kier alpha value is -3.79. The number of alkyl halides is 1. The number of halogens is 1. The predicted octanol–water partition coefficient (Wildman–Crippen LogP) is 3.67. The lowest BCUT2D eigenvalue weighted by Crippen LogP contribution is -2.50. The van der Waals surface area contributed by atoms with Crippen LogP contribution in [0.1, 0.15) is 24.6 Å². The summed E-state index contributed by atoms with van der Waals surface area (Å²) in [5.41, 5.74) is 3.50. The van der Waals surface area contributed by atoms with Crippen molar-refractivity contribution in [1.82, 2.24) is 25.9 Å². The highest BCUT2D eigenvalue weighted by Gasteiger charge is 2.26. The Balaban J connectivity index is 1.60. The van der Waals surface area contributed by atoms with E-state index in [1.165, 1.54) is 0 Å². The van der Waals surface area contributed by atoms with Crippen LogP contribution >= 0.6 is 0 Å². The number of rotatable bonds is 6. The quantitative estimate of drug-likeness (QED) is 0.428. The SMILES string of the molecule is CCNC(=O)Nc1cc2c(-c3ccnc(C)c3)ccc(COC(=O)N[C@@H]3CCNC[C@H]3F)c2cn1. The Bertz CT molecular complexity index is 1220. The molecule has 3 heterocycles. The summed E-state index contributed by atoms with van der Waals surface area (Å²) >= 11 is 0. The van der Waals surface area contributed by atoms with E-state index >= 15 is 0 Å². The summed E-state index contributed by atoms with van der Waals surface area (Å²) in [6.07, 6.45) is 2.08. The fourth-order valence-electron chi connectivity index (χ4n) is 4.10. The van der Waals surface area contributed by atoms with Gasteiger partial charge in [0, 0.05) is 36.6 Å². The highest BCUT2D eigenvalue weighted by atomic mass is 19.1. The van der Waals surface area contributed by atoms with Crippen molar-refractivity contribution in [3.05, 3.63) is 54.0 Å². The number of anilines is 1. The van der Waals surface area contributed by atoms with E-state index in [9.17, 15) is 14.0 Å². The van der Waals surface area contributed by atoms with Gasteiger partial charge in [-0.25, -0.2) is 19.0 Å². The van der Waals surface area contributed by atoms with Gasteiger partial charge in [-0.2, -0.15) is 0 Å². The van der Waals surface area contributed by atoms with E-state index in [0.717, 1.165) is 33.2 Å². The predicted molar refractivity (Wildman–Crippen MR) is 132 cm³/mol. The maximum absolute atomic E-state index is 14.0. The number of carbonyl (C=O) groups excluding carboxylic acids is 2. The van der Waals surface area contributed by atoms with Crippen LogP contribution in [0.3, 0.4) is 0 Å². The Morgan fingerprint density at radius 2 is 2.06 bits per heavy atom. The number of piperidine rings is 1. The molecule has 0 unspecified atom stereocenters. The first-order chi connectivity index (χ1) is 16.9. The highest BCUT2D eigenvalue weighted by Crippen LogP contribution is 2.32. The average molecular weight is 481 g/mol. The first-order valence-corrected chi connectivity index (χ1v) is 11.6. The monoisotopic (exact) mass is 480 g/mol. The minimum absolute atomic E-state index is 0.00924. The Labute approximate surface area is 202 Å². The molecule has 0 saturated carbocycles. The van der Waals surface area contributed by atoms with E-state index in [0.29, 0.717) is 25.3 Å². The number of benzene rings is 1. The molecule has 4 N–H and O–H groups in total. The van der Waals surface area contributed by atoms with Gasteiger partial charge >= 0.3 is 12.1 Å². The second kappa shape index (κ2) is 11.1. The number of nitrogens with one attached hydrogen (secondary N) is 4. The molecular formula is C25H29FN6O3. The molecular weight excluding hydrogens is 451 g/mol. The fourth-order valence-corrected chi connectivity index (χ4v) is 4.10. The van der Waals surface area contributed by atoms with Crippen molar-refractivity contribution in [2.24, 2.45) is 0 Å². The molecule has 0 spiro atoms. The van der Waals surface area contributed by atoms with Crippen molar-refractivity contribution in [3.8, 4) is 11.1 Å². The smallest absolute Gasteiger partial charge is 0.407 e. The Morgan fingerprint density at radius 1 is 1.20 bits per heavy atom. The standard InChI is InChI=1S/C25H29FN6O3/c1-3-28-24(33)32-23-11-19-18(16-6-9-29-15(2)10-16)5-4-17(20(19)12-30-23)14-35-25(34)31-22-7-8-27-13-21(22)26/h4-6,9-12,21-22,27H,3,7-8,13-14H2,1-2H3,(H,31,34)(H2,28,30,32,33)/t21-,22-/m1/s1. The number of nitrogens with zero attached hydrogens (tertiary/aromatic N) is 2. The molecule has 2 aromatic heterocycles. The molecule has 2 atom stereocenters. The molecule has 1 saturated heterocycles. The molecule has 0 radical (unpaired) electrons. The minimum atomic E-state index is -1.15. The molecule has 184 valence electrons. The van der Waals surface area contributed by atoms with Crippen molar-refractivity contribution in [3.63, 3.8) is 0 Å². The molecule has 1 aliphatic rings. The summed E-state index contributed by atoms with van der Waals surface area (Å²) in [5, 5.41) is 12.6. The molecule has 1 fully saturated rings.